The average molecular weight is 576 g/mol. The van der Waals surface area contributed by atoms with Crippen LogP contribution >= 0.6 is 0 Å². The van der Waals surface area contributed by atoms with E-state index in [0.29, 0.717) is 62.0 Å². The zero-order valence-electron chi connectivity index (χ0n) is 23.2. The number of esters is 1. The summed E-state index contributed by atoms with van der Waals surface area (Å²) in [5, 5.41) is 23.3. The van der Waals surface area contributed by atoms with E-state index in [1.165, 1.54) is 17.8 Å². The van der Waals surface area contributed by atoms with Crippen molar-refractivity contribution in [2.24, 2.45) is 0 Å². The van der Waals surface area contributed by atoms with Gasteiger partial charge in [-0.25, -0.2) is 9.69 Å². The number of rotatable bonds is 7. The molecule has 0 unspecified atom stereocenters. The number of anilines is 2. The van der Waals surface area contributed by atoms with Gasteiger partial charge in [0.1, 0.15) is 22.5 Å². The van der Waals surface area contributed by atoms with Crippen LogP contribution in [0.1, 0.15) is 40.1 Å². The van der Waals surface area contributed by atoms with Crippen molar-refractivity contribution in [3.63, 3.8) is 0 Å². The van der Waals surface area contributed by atoms with E-state index in [0.717, 1.165) is 10.5 Å². The normalized spacial score (nSPS) is 12.6. The summed E-state index contributed by atoms with van der Waals surface area (Å²) in [6.45, 7) is 6.66. The highest BCUT2D eigenvalue weighted by atomic mass is 16.5. The number of benzene rings is 4. The second-order valence-electron chi connectivity index (χ2n) is 10.2. The molecular weight excluding hydrogens is 550 g/mol. The Bertz CT molecular complexity index is 2010. The van der Waals surface area contributed by atoms with Gasteiger partial charge in [-0.1, -0.05) is 24.8 Å². The fourth-order valence-electron chi connectivity index (χ4n) is 5.05. The largest absolute Gasteiger partial charge is 0.506 e. The SMILES string of the molecule is C=C(C)C(=O)OCCc1ccc(O)c(-n2nc3ccc(N4C(=O)c5cccc6c(NC(C)=O)ccc(c56)C4=O)cc3n2)c1. The molecule has 0 radical (unpaired) electrons. The molecule has 0 saturated heterocycles. The quantitative estimate of drug-likeness (QED) is 0.161. The molecule has 11 nitrogen and oxygen atoms in total. The molecule has 214 valence electrons. The third-order valence-corrected chi connectivity index (χ3v) is 7.07. The fourth-order valence-corrected chi connectivity index (χ4v) is 5.05. The van der Waals surface area contributed by atoms with Crippen molar-refractivity contribution in [2.45, 2.75) is 20.3 Å². The summed E-state index contributed by atoms with van der Waals surface area (Å²) in [5.41, 5.74) is 3.75. The maximum absolute atomic E-state index is 13.7. The van der Waals surface area contributed by atoms with Crippen LogP contribution in [0.15, 0.2) is 78.9 Å². The Kier molecular flexibility index (Phi) is 6.69. The van der Waals surface area contributed by atoms with Crippen LogP contribution in [0, 0.1) is 0 Å². The molecule has 4 aromatic carbocycles. The van der Waals surface area contributed by atoms with Crippen LogP contribution in [-0.2, 0) is 20.7 Å². The molecule has 0 fully saturated rings. The van der Waals surface area contributed by atoms with Crippen molar-refractivity contribution in [3.05, 3.63) is 95.6 Å². The number of aromatic hydroxyl groups is 1. The third-order valence-electron chi connectivity index (χ3n) is 7.07. The lowest BCUT2D eigenvalue weighted by atomic mass is 9.92. The van der Waals surface area contributed by atoms with E-state index in [9.17, 15) is 24.3 Å². The number of carbonyl (C=O) groups excluding carboxylic acids is 4. The minimum absolute atomic E-state index is 0.0621. The van der Waals surface area contributed by atoms with Gasteiger partial charge in [0.25, 0.3) is 11.8 Å². The summed E-state index contributed by atoms with van der Waals surface area (Å²) in [7, 11) is 0. The fraction of sp³-hybridized carbons (Fsp3) is 0.125. The molecule has 2 N–H and O–H groups in total. The Morgan fingerprint density at radius 2 is 1.67 bits per heavy atom. The number of hydrogen-bond donors (Lipinski definition) is 2. The first kappa shape index (κ1) is 27.3. The molecule has 0 bridgehead atoms. The number of carbonyl (C=O) groups is 4. The predicted octanol–water partition coefficient (Wildman–Crippen LogP) is 4.70. The van der Waals surface area contributed by atoms with Crippen LogP contribution in [-0.4, -0.2) is 50.4 Å². The lowest BCUT2D eigenvalue weighted by molar-refractivity contribution is -0.138. The molecule has 5 aromatic rings. The number of phenols is 1. The van der Waals surface area contributed by atoms with Crippen molar-refractivity contribution < 1.29 is 29.0 Å². The molecule has 1 aliphatic rings. The van der Waals surface area contributed by atoms with Gasteiger partial charge in [-0.3, -0.25) is 14.4 Å². The van der Waals surface area contributed by atoms with Gasteiger partial charge in [-0.05, 0) is 61.0 Å². The molecule has 0 aliphatic carbocycles. The second kappa shape index (κ2) is 10.5. The van der Waals surface area contributed by atoms with E-state index < -0.39 is 17.8 Å². The van der Waals surface area contributed by atoms with E-state index in [1.54, 1.807) is 67.6 Å². The summed E-state index contributed by atoms with van der Waals surface area (Å²) < 4.78 is 5.17. The van der Waals surface area contributed by atoms with Crippen molar-refractivity contribution in [3.8, 4) is 11.4 Å². The highest BCUT2D eigenvalue weighted by Gasteiger charge is 2.34. The van der Waals surface area contributed by atoms with E-state index in [-0.39, 0.29) is 18.3 Å². The Labute approximate surface area is 245 Å². The third kappa shape index (κ3) is 4.86. The van der Waals surface area contributed by atoms with Crippen LogP contribution < -0.4 is 10.2 Å². The summed E-state index contributed by atoms with van der Waals surface area (Å²) in [4.78, 5) is 53.1. The van der Waals surface area contributed by atoms with Gasteiger partial charge in [-0.2, -0.15) is 0 Å². The molecule has 1 aliphatic heterocycles. The van der Waals surface area contributed by atoms with Crippen molar-refractivity contribution >= 4 is 56.9 Å². The maximum atomic E-state index is 13.7. The summed E-state index contributed by atoms with van der Waals surface area (Å²) in [5.74, 6) is -1.82. The number of imide groups is 1. The van der Waals surface area contributed by atoms with Crippen molar-refractivity contribution in [2.75, 3.05) is 16.8 Å². The average Bonchev–Trinajstić information content (AvgIpc) is 3.40. The second-order valence-corrected chi connectivity index (χ2v) is 10.2. The lowest BCUT2D eigenvalue weighted by Gasteiger charge is -2.27. The standard InChI is InChI=1S/C32H25N5O6/c1-17(2)32(42)43-14-13-19-7-12-28(39)27(15-19)37-34-25-10-8-20(16-26(25)35-37)36-30(40)22-6-4-5-21-24(33-18(3)38)11-9-23(29(21)22)31(36)41/h4-12,15-16,39H,1,13-14H2,2-3H3,(H,33,38). The van der Waals surface area contributed by atoms with Crippen molar-refractivity contribution in [1.29, 1.82) is 0 Å². The molecule has 3 amide bonds. The highest BCUT2D eigenvalue weighted by molar-refractivity contribution is 6.36. The number of nitrogens with one attached hydrogen (secondary N) is 1. The van der Waals surface area contributed by atoms with Gasteiger partial charge in [0.2, 0.25) is 5.91 Å². The van der Waals surface area contributed by atoms with Crippen LogP contribution in [0.4, 0.5) is 11.4 Å². The minimum atomic E-state index is -0.507. The van der Waals surface area contributed by atoms with Crippen LogP contribution in [0.5, 0.6) is 5.75 Å². The molecule has 1 aromatic heterocycles. The first-order valence-corrected chi connectivity index (χ1v) is 13.4. The number of hydrogen-bond acceptors (Lipinski definition) is 8. The number of phenolic OH excluding ortho intramolecular Hbond substituents is 1. The predicted molar refractivity (Wildman–Crippen MR) is 159 cm³/mol. The lowest BCUT2D eigenvalue weighted by Crippen LogP contribution is -2.40. The summed E-state index contributed by atoms with van der Waals surface area (Å²) in [6, 6.07) is 18.1. The topological polar surface area (TPSA) is 144 Å². The molecule has 0 spiro atoms. The zero-order valence-corrected chi connectivity index (χ0v) is 23.2. The smallest absolute Gasteiger partial charge is 0.333 e. The maximum Gasteiger partial charge on any atom is 0.333 e. The van der Waals surface area contributed by atoms with Crippen LogP contribution in [0.3, 0.4) is 0 Å². The molecule has 43 heavy (non-hydrogen) atoms. The molecule has 6 rings (SSSR count). The Morgan fingerprint density at radius 1 is 0.930 bits per heavy atom. The Morgan fingerprint density at radius 3 is 2.42 bits per heavy atom. The minimum Gasteiger partial charge on any atom is -0.506 e. The van der Waals surface area contributed by atoms with E-state index >= 15 is 0 Å². The number of aromatic nitrogens is 3. The Hall–Kier alpha value is -5.84. The van der Waals surface area contributed by atoms with Crippen LogP contribution in [0.25, 0.3) is 27.5 Å². The van der Waals surface area contributed by atoms with E-state index in [2.05, 4.69) is 22.1 Å². The zero-order chi connectivity index (χ0) is 30.4. The van der Waals surface area contributed by atoms with E-state index in [4.69, 9.17) is 4.74 Å². The molecule has 0 saturated carbocycles. The van der Waals surface area contributed by atoms with E-state index in [1.807, 2.05) is 0 Å². The van der Waals surface area contributed by atoms with Gasteiger partial charge in [0.15, 0.2) is 0 Å². The van der Waals surface area contributed by atoms with Gasteiger partial charge < -0.3 is 15.2 Å². The highest BCUT2D eigenvalue weighted by Crippen LogP contribution is 2.37. The van der Waals surface area contributed by atoms with Crippen LogP contribution in [0.2, 0.25) is 0 Å². The van der Waals surface area contributed by atoms with Gasteiger partial charge in [0.05, 0.1) is 12.3 Å². The van der Waals surface area contributed by atoms with Gasteiger partial charge >= 0.3 is 5.97 Å². The number of fused-ring (bicyclic) bond motifs is 1. The van der Waals surface area contributed by atoms with Crippen molar-refractivity contribution in [1.82, 2.24) is 15.0 Å². The molecular formula is C32H25N5O6. The number of ether oxygens (including phenoxy) is 1. The molecule has 2 heterocycles. The van der Waals surface area contributed by atoms with Gasteiger partial charge in [0, 0.05) is 46.5 Å². The summed E-state index contributed by atoms with van der Waals surface area (Å²) in [6.07, 6.45) is 0.400. The first-order valence-electron chi connectivity index (χ1n) is 13.4. The molecule has 11 heteroatoms. The molecule has 0 atom stereocenters. The number of amides is 3. The van der Waals surface area contributed by atoms with Gasteiger partial charge in [-0.15, -0.1) is 15.0 Å². The number of nitrogens with zero attached hydrogens (tertiary/aromatic N) is 4. The Balaban J connectivity index is 1.32. The monoisotopic (exact) mass is 575 g/mol. The first-order chi connectivity index (χ1) is 20.6. The summed E-state index contributed by atoms with van der Waals surface area (Å²) >= 11 is 0.